The average molecular weight is 494 g/mol. The molecule has 0 aliphatic carbocycles. The van der Waals surface area contributed by atoms with Crippen LogP contribution >= 0.6 is 0 Å². The smallest absolute Gasteiger partial charge is 0.212 e. The predicted octanol–water partition coefficient (Wildman–Crippen LogP) is 7.42. The van der Waals surface area contributed by atoms with E-state index in [0.29, 0.717) is 16.7 Å². The van der Waals surface area contributed by atoms with Gasteiger partial charge in [0.2, 0.25) is 6.54 Å². The number of nitrogens with zero attached hydrogens (tertiary/aromatic N) is 1. The predicted molar refractivity (Wildman–Crippen MR) is 142 cm³/mol. The van der Waals surface area contributed by atoms with Crippen LogP contribution in [0.3, 0.4) is 0 Å². The maximum Gasteiger partial charge on any atom is 0.212 e. The fourth-order valence-corrected chi connectivity index (χ4v) is 4.60. The third-order valence-corrected chi connectivity index (χ3v) is 6.44. The molecule has 0 aliphatic rings. The third-order valence-electron chi connectivity index (χ3n) is 6.44. The monoisotopic (exact) mass is 493 g/mol. The molecule has 1 atom stereocenters. The Morgan fingerprint density at radius 3 is 1.81 bits per heavy atom. The number of allylic oxidation sites excluding steroid dienone is 2. The van der Waals surface area contributed by atoms with Gasteiger partial charge in [0.15, 0.2) is 0 Å². The first-order valence-corrected chi connectivity index (χ1v) is 11.8. The minimum absolute atomic E-state index is 0.369. The van der Waals surface area contributed by atoms with Crippen LogP contribution in [0.2, 0.25) is 0 Å². The fraction of sp³-hybridized carbons (Fsp3) is 0.125. The molecule has 0 aliphatic heterocycles. The van der Waals surface area contributed by atoms with Crippen molar-refractivity contribution in [1.29, 1.82) is 0 Å². The third kappa shape index (κ3) is 5.82. The molecule has 0 N–H and O–H groups in total. The van der Waals surface area contributed by atoms with Gasteiger partial charge in [-0.05, 0) is 65.1 Å². The van der Waals surface area contributed by atoms with Gasteiger partial charge in [-0.1, -0.05) is 96.8 Å². The molecule has 1 unspecified atom stereocenters. The van der Waals surface area contributed by atoms with Gasteiger partial charge in [-0.3, -0.25) is 10.1 Å². The van der Waals surface area contributed by atoms with Gasteiger partial charge >= 0.3 is 0 Å². The highest BCUT2D eigenvalue weighted by atomic mass is 19.1. The Morgan fingerprint density at radius 2 is 1.32 bits per heavy atom. The van der Waals surface area contributed by atoms with Crippen LogP contribution in [0.25, 0.3) is 5.57 Å². The van der Waals surface area contributed by atoms with Crippen LogP contribution < -0.4 is 0 Å². The molecule has 0 amide bonds. The van der Waals surface area contributed by atoms with Gasteiger partial charge in [-0.15, -0.1) is 0 Å². The highest BCUT2D eigenvalue weighted by Crippen LogP contribution is 2.45. The Morgan fingerprint density at radius 1 is 0.838 bits per heavy atom. The van der Waals surface area contributed by atoms with Crippen molar-refractivity contribution in [3.8, 4) is 11.8 Å². The molecular weight excluding hydrogens is 468 g/mol. The van der Waals surface area contributed by atoms with Gasteiger partial charge in [-0.25, -0.2) is 8.78 Å². The summed E-state index contributed by atoms with van der Waals surface area (Å²) in [5, 5.41) is 12.0. The highest BCUT2D eigenvalue weighted by Gasteiger charge is 2.44. The molecule has 0 heterocycles. The van der Waals surface area contributed by atoms with Crippen LogP contribution in [-0.2, 0) is 5.41 Å². The van der Waals surface area contributed by atoms with Crippen LogP contribution in [0.15, 0.2) is 115 Å². The first-order valence-electron chi connectivity index (χ1n) is 11.8. The second-order valence-electron chi connectivity index (χ2n) is 8.76. The van der Waals surface area contributed by atoms with E-state index in [9.17, 15) is 18.9 Å². The van der Waals surface area contributed by atoms with E-state index in [1.54, 1.807) is 30.3 Å². The van der Waals surface area contributed by atoms with Gasteiger partial charge in [0, 0.05) is 4.92 Å². The van der Waals surface area contributed by atoms with Crippen LogP contribution in [0, 0.1) is 33.6 Å². The Hall–Kier alpha value is -4.56. The van der Waals surface area contributed by atoms with Gasteiger partial charge in [0.1, 0.15) is 11.6 Å². The van der Waals surface area contributed by atoms with E-state index in [1.165, 1.54) is 24.3 Å². The van der Waals surface area contributed by atoms with E-state index < -0.39 is 29.5 Å². The van der Waals surface area contributed by atoms with E-state index in [0.717, 1.165) is 11.1 Å². The lowest BCUT2D eigenvalue weighted by Gasteiger charge is -2.36. The largest absolute Gasteiger partial charge is 0.265 e. The summed E-state index contributed by atoms with van der Waals surface area (Å²) in [6.45, 7) is 1.50. The summed E-state index contributed by atoms with van der Waals surface area (Å²) in [7, 11) is 0. The molecule has 37 heavy (non-hydrogen) atoms. The van der Waals surface area contributed by atoms with Crippen molar-refractivity contribution >= 4 is 5.57 Å². The zero-order chi connectivity index (χ0) is 26.3. The van der Waals surface area contributed by atoms with Gasteiger partial charge in [0.25, 0.3) is 0 Å². The first kappa shape index (κ1) is 25.5. The van der Waals surface area contributed by atoms with Crippen molar-refractivity contribution in [3.05, 3.63) is 159 Å². The number of rotatable bonds is 7. The number of hydrogen-bond donors (Lipinski definition) is 0. The molecule has 0 saturated carbocycles. The van der Waals surface area contributed by atoms with E-state index in [-0.39, 0.29) is 4.92 Å². The van der Waals surface area contributed by atoms with Crippen molar-refractivity contribution in [3.63, 3.8) is 0 Å². The van der Waals surface area contributed by atoms with Crippen molar-refractivity contribution in [2.75, 3.05) is 6.54 Å². The average Bonchev–Trinajstić information content (AvgIpc) is 2.92. The van der Waals surface area contributed by atoms with Crippen molar-refractivity contribution < 1.29 is 13.7 Å². The molecule has 0 spiro atoms. The minimum Gasteiger partial charge on any atom is -0.265 e. The maximum absolute atomic E-state index is 14.0. The molecule has 0 radical (unpaired) electrons. The standard InChI is InChI=1S/C32H25F2NO2/c1-24(25-10-4-2-5-11-25)9-8-22-32(27-14-18-29(33)19-15-27,28-16-20-30(34)21-17-28)31(23-35(36)37)26-12-6-3-7-13-26/h2-7,9-21,31H,23H2,1H3/b24-9+. The molecule has 0 saturated heterocycles. The molecule has 184 valence electrons. The summed E-state index contributed by atoms with van der Waals surface area (Å²) >= 11 is 0. The Bertz CT molecular complexity index is 1390. The normalized spacial score (nSPS) is 12.4. The molecule has 4 aromatic carbocycles. The number of halogens is 2. The fourth-order valence-electron chi connectivity index (χ4n) is 4.60. The first-order chi connectivity index (χ1) is 17.9. The molecule has 0 fully saturated rings. The highest BCUT2D eigenvalue weighted by molar-refractivity contribution is 5.67. The zero-order valence-electron chi connectivity index (χ0n) is 20.3. The summed E-state index contributed by atoms with van der Waals surface area (Å²) in [6, 6.07) is 30.5. The van der Waals surface area contributed by atoms with Crippen LogP contribution in [0.4, 0.5) is 8.78 Å². The minimum atomic E-state index is -1.27. The number of benzene rings is 4. The van der Waals surface area contributed by atoms with Crippen molar-refractivity contribution in [1.82, 2.24) is 0 Å². The summed E-state index contributed by atoms with van der Waals surface area (Å²) in [6.07, 6.45) is 1.77. The van der Waals surface area contributed by atoms with E-state index in [1.807, 2.05) is 67.6 Å². The molecule has 4 aromatic rings. The summed E-state index contributed by atoms with van der Waals surface area (Å²) in [5.41, 5.74) is 2.50. The molecule has 4 rings (SSSR count). The van der Waals surface area contributed by atoms with Crippen LogP contribution in [-0.4, -0.2) is 11.5 Å². The SMILES string of the molecule is C/C(=C\C#CC(c1ccc(F)cc1)(c1ccc(F)cc1)C(C[N+](=O)[O-])c1ccccc1)c1ccccc1. The summed E-state index contributed by atoms with van der Waals surface area (Å²) in [4.78, 5) is 11.6. The second kappa shape index (κ2) is 11.5. The molecule has 0 bridgehead atoms. The van der Waals surface area contributed by atoms with E-state index in [2.05, 4.69) is 11.8 Å². The topological polar surface area (TPSA) is 43.1 Å². The lowest BCUT2D eigenvalue weighted by molar-refractivity contribution is -0.484. The lowest BCUT2D eigenvalue weighted by Crippen LogP contribution is -2.38. The molecule has 5 heteroatoms. The Labute approximate surface area is 215 Å². The Balaban J connectivity index is 2.02. The van der Waals surface area contributed by atoms with E-state index >= 15 is 0 Å². The van der Waals surface area contributed by atoms with Crippen molar-refractivity contribution in [2.45, 2.75) is 18.3 Å². The number of hydrogen-bond acceptors (Lipinski definition) is 2. The van der Waals surface area contributed by atoms with Gasteiger partial charge < -0.3 is 0 Å². The van der Waals surface area contributed by atoms with Crippen LogP contribution in [0.1, 0.15) is 35.1 Å². The lowest BCUT2D eigenvalue weighted by atomic mass is 9.64. The van der Waals surface area contributed by atoms with Gasteiger partial charge in [-0.2, -0.15) is 0 Å². The maximum atomic E-state index is 14.0. The van der Waals surface area contributed by atoms with Crippen molar-refractivity contribution in [2.24, 2.45) is 0 Å². The quantitative estimate of drug-likeness (QED) is 0.153. The van der Waals surface area contributed by atoms with Crippen LogP contribution in [0.5, 0.6) is 0 Å². The number of nitro groups is 1. The zero-order valence-corrected chi connectivity index (χ0v) is 20.3. The van der Waals surface area contributed by atoms with E-state index in [4.69, 9.17) is 0 Å². The van der Waals surface area contributed by atoms with Gasteiger partial charge in [0.05, 0.1) is 11.3 Å². The second-order valence-corrected chi connectivity index (χ2v) is 8.76. The Kier molecular flexibility index (Phi) is 7.90. The molecule has 0 aromatic heterocycles. The summed E-state index contributed by atoms with van der Waals surface area (Å²) < 4.78 is 28.0. The molecule has 3 nitrogen and oxygen atoms in total. The summed E-state index contributed by atoms with van der Waals surface area (Å²) in [5.74, 6) is 4.86. The molecular formula is C32H25F2NO2.